The van der Waals surface area contributed by atoms with Gasteiger partial charge in [0, 0.05) is 31.4 Å². The van der Waals surface area contributed by atoms with Crippen molar-refractivity contribution in [3.05, 3.63) is 29.8 Å². The van der Waals surface area contributed by atoms with Crippen LogP contribution in [0.25, 0.3) is 0 Å². The van der Waals surface area contributed by atoms with Crippen LogP contribution in [0.2, 0.25) is 0 Å². The zero-order chi connectivity index (χ0) is 12.4. The van der Waals surface area contributed by atoms with Crippen molar-refractivity contribution in [1.29, 1.82) is 0 Å². The third kappa shape index (κ3) is 2.04. The fraction of sp³-hybridized carbons (Fsp3) is 0.250. The summed E-state index contributed by atoms with van der Waals surface area (Å²) < 4.78 is 0. The summed E-state index contributed by atoms with van der Waals surface area (Å²) in [6.07, 6.45) is 0.737. The second-order valence-electron chi connectivity index (χ2n) is 3.89. The number of anilines is 1. The van der Waals surface area contributed by atoms with E-state index in [1.165, 1.54) is 9.80 Å². The molecule has 1 saturated heterocycles. The van der Waals surface area contributed by atoms with Crippen LogP contribution in [0.5, 0.6) is 0 Å². The van der Waals surface area contributed by atoms with Crippen LogP contribution in [0.4, 0.5) is 5.69 Å². The van der Waals surface area contributed by atoms with E-state index in [-0.39, 0.29) is 0 Å². The van der Waals surface area contributed by atoms with Gasteiger partial charge in [-0.2, -0.15) is 0 Å². The Labute approximate surface area is 98.6 Å². The summed E-state index contributed by atoms with van der Waals surface area (Å²) in [6, 6.07) is 6.58. The van der Waals surface area contributed by atoms with Crippen LogP contribution in [0.3, 0.4) is 0 Å². The zero-order valence-electron chi connectivity index (χ0n) is 9.42. The predicted octanol–water partition coefficient (Wildman–Crippen LogP) is 0.304. The van der Waals surface area contributed by atoms with Crippen molar-refractivity contribution in [3.63, 3.8) is 0 Å². The smallest absolute Gasteiger partial charge is 0.316 e. The Bertz CT molecular complexity index is 467. The molecule has 1 aliphatic rings. The van der Waals surface area contributed by atoms with E-state index in [2.05, 4.69) is 0 Å². The molecule has 1 fully saturated rings. The highest BCUT2D eigenvalue weighted by Crippen LogP contribution is 2.17. The lowest BCUT2D eigenvalue weighted by molar-refractivity contribution is -0.145. The highest BCUT2D eigenvalue weighted by Gasteiger charge is 2.30. The minimum atomic E-state index is -0.530. The lowest BCUT2D eigenvalue weighted by atomic mass is 10.2. The van der Waals surface area contributed by atoms with Crippen molar-refractivity contribution in [2.45, 2.75) is 0 Å². The molecule has 5 heteroatoms. The van der Waals surface area contributed by atoms with Crippen molar-refractivity contribution >= 4 is 23.8 Å². The average Bonchev–Trinajstić information content (AvgIpc) is 2.36. The minimum Gasteiger partial charge on any atom is -0.336 e. The molecule has 0 atom stereocenters. The lowest BCUT2D eigenvalue weighted by Crippen LogP contribution is -2.53. The Balaban J connectivity index is 2.24. The average molecular weight is 232 g/mol. The van der Waals surface area contributed by atoms with Crippen LogP contribution in [-0.4, -0.2) is 43.1 Å². The van der Waals surface area contributed by atoms with Crippen LogP contribution in [0.15, 0.2) is 24.3 Å². The minimum absolute atomic E-state index is 0.474. The van der Waals surface area contributed by atoms with Crippen LogP contribution in [0, 0.1) is 0 Å². The number of amides is 2. The van der Waals surface area contributed by atoms with Crippen molar-refractivity contribution in [2.24, 2.45) is 0 Å². The Hall–Kier alpha value is -2.17. The first kappa shape index (κ1) is 11.3. The van der Waals surface area contributed by atoms with E-state index in [0.717, 1.165) is 6.29 Å². The van der Waals surface area contributed by atoms with Crippen LogP contribution in [0.1, 0.15) is 10.4 Å². The van der Waals surface area contributed by atoms with Gasteiger partial charge in [-0.15, -0.1) is 0 Å². The quantitative estimate of drug-likeness (QED) is 0.544. The Morgan fingerprint density at radius 1 is 1.06 bits per heavy atom. The van der Waals surface area contributed by atoms with Gasteiger partial charge < -0.3 is 9.80 Å². The second-order valence-corrected chi connectivity index (χ2v) is 3.89. The fourth-order valence-electron chi connectivity index (χ4n) is 1.71. The first-order chi connectivity index (χ1) is 8.13. The molecule has 0 saturated carbocycles. The highest BCUT2D eigenvalue weighted by molar-refractivity contribution is 6.40. The number of nitrogens with zero attached hydrogens (tertiary/aromatic N) is 2. The predicted molar refractivity (Wildman–Crippen MR) is 61.8 cm³/mol. The monoisotopic (exact) mass is 232 g/mol. The van der Waals surface area contributed by atoms with Crippen LogP contribution >= 0.6 is 0 Å². The normalized spacial score (nSPS) is 16.3. The molecule has 2 rings (SSSR count). The number of piperazine rings is 1. The summed E-state index contributed by atoms with van der Waals surface area (Å²) in [5, 5.41) is 0. The first-order valence-electron chi connectivity index (χ1n) is 5.25. The lowest BCUT2D eigenvalue weighted by Gasteiger charge is -2.31. The number of hydrogen-bond donors (Lipinski definition) is 0. The molecule has 0 unspecified atom stereocenters. The second kappa shape index (κ2) is 4.37. The van der Waals surface area contributed by atoms with Gasteiger partial charge in [-0.3, -0.25) is 14.4 Å². The highest BCUT2D eigenvalue weighted by atomic mass is 16.2. The van der Waals surface area contributed by atoms with E-state index in [1.807, 2.05) is 0 Å². The molecule has 17 heavy (non-hydrogen) atoms. The maximum atomic E-state index is 11.8. The summed E-state index contributed by atoms with van der Waals surface area (Å²) in [5.74, 6) is -1.03. The standard InChI is InChI=1S/C12H12N2O3/c1-13-6-7-14(12(17)11(13)16)10-4-2-9(8-15)3-5-10/h2-5,8H,6-7H2,1H3. The topological polar surface area (TPSA) is 57.7 Å². The van der Waals surface area contributed by atoms with Gasteiger partial charge in [0.15, 0.2) is 0 Å². The number of rotatable bonds is 2. The van der Waals surface area contributed by atoms with E-state index >= 15 is 0 Å². The van der Waals surface area contributed by atoms with Gasteiger partial charge in [0.25, 0.3) is 0 Å². The van der Waals surface area contributed by atoms with Gasteiger partial charge in [0.05, 0.1) is 0 Å². The molecule has 88 valence electrons. The molecule has 0 aliphatic carbocycles. The molecule has 1 aromatic rings. The van der Waals surface area contributed by atoms with Crippen LogP contribution in [-0.2, 0) is 9.59 Å². The number of carbonyl (C=O) groups excluding carboxylic acids is 3. The van der Waals surface area contributed by atoms with E-state index in [9.17, 15) is 14.4 Å². The number of aldehydes is 1. The summed E-state index contributed by atoms with van der Waals surface area (Å²) in [7, 11) is 1.60. The molecule has 1 aliphatic heterocycles. The number of benzene rings is 1. The largest absolute Gasteiger partial charge is 0.336 e. The van der Waals surface area contributed by atoms with Crippen molar-refractivity contribution in [2.75, 3.05) is 25.0 Å². The molecule has 0 spiro atoms. The Kier molecular flexibility index (Phi) is 2.91. The Morgan fingerprint density at radius 2 is 1.71 bits per heavy atom. The molecular formula is C12H12N2O3. The summed E-state index contributed by atoms with van der Waals surface area (Å²) in [6.45, 7) is 0.988. The van der Waals surface area contributed by atoms with E-state index in [1.54, 1.807) is 31.3 Å². The molecule has 0 bridgehead atoms. The number of hydrogen-bond acceptors (Lipinski definition) is 3. The molecule has 5 nitrogen and oxygen atoms in total. The molecule has 2 amide bonds. The van der Waals surface area contributed by atoms with Crippen molar-refractivity contribution in [1.82, 2.24) is 4.90 Å². The molecular weight excluding hydrogens is 220 g/mol. The summed E-state index contributed by atoms with van der Waals surface area (Å²) in [4.78, 5) is 36.6. The van der Waals surface area contributed by atoms with Crippen molar-refractivity contribution < 1.29 is 14.4 Å². The number of carbonyl (C=O) groups is 3. The molecule has 0 N–H and O–H groups in total. The summed E-state index contributed by atoms with van der Waals surface area (Å²) in [5.41, 5.74) is 1.18. The first-order valence-corrected chi connectivity index (χ1v) is 5.25. The maximum absolute atomic E-state index is 11.8. The molecule has 1 aromatic carbocycles. The zero-order valence-corrected chi connectivity index (χ0v) is 9.42. The van der Waals surface area contributed by atoms with E-state index < -0.39 is 11.8 Å². The van der Waals surface area contributed by atoms with Gasteiger partial charge in [0.1, 0.15) is 6.29 Å². The van der Waals surface area contributed by atoms with Crippen LogP contribution < -0.4 is 4.90 Å². The van der Waals surface area contributed by atoms with Gasteiger partial charge >= 0.3 is 11.8 Å². The fourth-order valence-corrected chi connectivity index (χ4v) is 1.71. The van der Waals surface area contributed by atoms with Gasteiger partial charge in [-0.25, -0.2) is 0 Å². The van der Waals surface area contributed by atoms with E-state index in [0.29, 0.717) is 24.3 Å². The third-order valence-electron chi connectivity index (χ3n) is 2.77. The van der Waals surface area contributed by atoms with E-state index in [4.69, 9.17) is 0 Å². The molecule has 0 radical (unpaired) electrons. The molecule has 0 aromatic heterocycles. The SMILES string of the molecule is CN1CCN(c2ccc(C=O)cc2)C(=O)C1=O. The van der Waals surface area contributed by atoms with Gasteiger partial charge in [0.2, 0.25) is 0 Å². The third-order valence-corrected chi connectivity index (χ3v) is 2.77. The van der Waals surface area contributed by atoms with Gasteiger partial charge in [-0.1, -0.05) is 0 Å². The van der Waals surface area contributed by atoms with Crippen molar-refractivity contribution in [3.8, 4) is 0 Å². The maximum Gasteiger partial charge on any atom is 0.316 e. The van der Waals surface area contributed by atoms with Gasteiger partial charge in [-0.05, 0) is 24.3 Å². The number of likely N-dealkylation sites (N-methyl/N-ethyl adjacent to an activating group) is 1. The Morgan fingerprint density at radius 3 is 2.29 bits per heavy atom. The summed E-state index contributed by atoms with van der Waals surface area (Å²) >= 11 is 0. The molecule has 1 heterocycles.